The van der Waals surface area contributed by atoms with Crippen molar-refractivity contribution in [2.45, 2.75) is 12.8 Å². The maximum Gasteiger partial charge on any atom is 0.231 e. The number of nitrogens with zero attached hydrogens (tertiary/aromatic N) is 4. The predicted molar refractivity (Wildman–Crippen MR) is 66.4 cm³/mol. The molecule has 0 saturated carbocycles. The van der Waals surface area contributed by atoms with Gasteiger partial charge in [0, 0.05) is 26.7 Å². The van der Waals surface area contributed by atoms with E-state index >= 15 is 0 Å². The Labute approximate surface area is 105 Å². The van der Waals surface area contributed by atoms with Crippen LogP contribution in [0, 0.1) is 5.92 Å². The summed E-state index contributed by atoms with van der Waals surface area (Å²) in [6.07, 6.45) is 1.91. The van der Waals surface area contributed by atoms with Gasteiger partial charge in [0.2, 0.25) is 17.2 Å². The maximum atomic E-state index is 9.08. The summed E-state index contributed by atoms with van der Waals surface area (Å²) in [5, 5.41) is 12.1. The first-order valence-corrected chi connectivity index (χ1v) is 6.06. The van der Waals surface area contributed by atoms with E-state index in [2.05, 4.69) is 25.2 Å². The van der Waals surface area contributed by atoms with Crippen molar-refractivity contribution < 1.29 is 5.11 Å². The number of aliphatic hydroxyl groups excluding tert-OH is 1. The van der Waals surface area contributed by atoms with Gasteiger partial charge in [-0.3, -0.25) is 0 Å². The molecular formula is C10H16ClN5O. The van der Waals surface area contributed by atoms with E-state index in [4.69, 9.17) is 16.7 Å². The fourth-order valence-electron chi connectivity index (χ4n) is 1.91. The number of hydrogen-bond acceptors (Lipinski definition) is 6. The van der Waals surface area contributed by atoms with Gasteiger partial charge in [0.05, 0.1) is 0 Å². The summed E-state index contributed by atoms with van der Waals surface area (Å²) in [7, 11) is 1.74. The molecule has 0 amide bonds. The quantitative estimate of drug-likeness (QED) is 0.834. The third kappa shape index (κ3) is 2.95. The number of aromatic nitrogens is 3. The van der Waals surface area contributed by atoms with Crippen LogP contribution in [0.25, 0.3) is 0 Å². The smallest absolute Gasteiger partial charge is 0.231 e. The molecule has 94 valence electrons. The van der Waals surface area contributed by atoms with Crippen LogP contribution in [0.3, 0.4) is 0 Å². The van der Waals surface area contributed by atoms with Crippen LogP contribution in [-0.4, -0.2) is 46.8 Å². The standard InChI is InChI=1S/C10H16ClN5O/c1-12-9-13-8(11)14-10(15-9)16-4-2-7(6-17)3-5-16/h7,17H,2-6H2,1H3,(H,12,13,14,15). The highest BCUT2D eigenvalue weighted by Crippen LogP contribution is 2.21. The van der Waals surface area contributed by atoms with Gasteiger partial charge in [0.1, 0.15) is 0 Å². The predicted octanol–water partition coefficient (Wildman–Crippen LogP) is 0.775. The average Bonchev–Trinajstić information content (AvgIpc) is 2.38. The van der Waals surface area contributed by atoms with E-state index in [1.54, 1.807) is 7.05 Å². The Morgan fingerprint density at radius 3 is 2.65 bits per heavy atom. The molecule has 1 saturated heterocycles. The first kappa shape index (κ1) is 12.3. The molecule has 0 aliphatic carbocycles. The number of rotatable bonds is 3. The second kappa shape index (κ2) is 5.46. The Balaban J connectivity index is 2.10. The van der Waals surface area contributed by atoms with Crippen molar-refractivity contribution in [3.05, 3.63) is 5.28 Å². The zero-order valence-electron chi connectivity index (χ0n) is 9.73. The molecule has 7 heteroatoms. The van der Waals surface area contributed by atoms with Gasteiger partial charge in [-0.05, 0) is 30.4 Å². The van der Waals surface area contributed by atoms with Crippen LogP contribution in [0.2, 0.25) is 5.28 Å². The second-order valence-electron chi connectivity index (χ2n) is 4.09. The van der Waals surface area contributed by atoms with Crippen molar-refractivity contribution in [2.75, 3.05) is 37.0 Å². The third-order valence-electron chi connectivity index (χ3n) is 2.98. The molecule has 2 heterocycles. The minimum atomic E-state index is 0.198. The summed E-state index contributed by atoms with van der Waals surface area (Å²) in [6.45, 7) is 1.94. The number of hydrogen-bond donors (Lipinski definition) is 2. The van der Waals surface area contributed by atoms with E-state index in [9.17, 15) is 0 Å². The molecule has 1 fully saturated rings. The van der Waals surface area contributed by atoms with Crippen LogP contribution in [-0.2, 0) is 0 Å². The molecule has 0 aromatic carbocycles. The van der Waals surface area contributed by atoms with Crippen molar-refractivity contribution in [2.24, 2.45) is 5.92 Å². The van der Waals surface area contributed by atoms with Crippen LogP contribution in [0.5, 0.6) is 0 Å². The molecule has 1 aliphatic heterocycles. The fraction of sp³-hybridized carbons (Fsp3) is 0.700. The first-order chi connectivity index (χ1) is 8.22. The van der Waals surface area contributed by atoms with Gasteiger partial charge in [0.25, 0.3) is 0 Å². The van der Waals surface area contributed by atoms with Crippen LogP contribution < -0.4 is 10.2 Å². The van der Waals surface area contributed by atoms with Gasteiger partial charge in [-0.1, -0.05) is 0 Å². The van der Waals surface area contributed by atoms with Gasteiger partial charge < -0.3 is 15.3 Å². The molecule has 2 N–H and O–H groups in total. The van der Waals surface area contributed by atoms with Crippen molar-refractivity contribution in [1.29, 1.82) is 0 Å². The van der Waals surface area contributed by atoms with Crippen molar-refractivity contribution in [3.63, 3.8) is 0 Å². The summed E-state index contributed by atoms with van der Waals surface area (Å²) in [4.78, 5) is 14.4. The molecule has 1 aromatic rings. The number of halogens is 1. The van der Waals surface area contributed by atoms with E-state index in [0.717, 1.165) is 25.9 Å². The SMILES string of the molecule is CNc1nc(Cl)nc(N2CCC(CO)CC2)n1. The molecule has 0 unspecified atom stereocenters. The molecular weight excluding hydrogens is 242 g/mol. The van der Waals surface area contributed by atoms with Gasteiger partial charge in [-0.25, -0.2) is 0 Å². The first-order valence-electron chi connectivity index (χ1n) is 5.68. The fourth-order valence-corrected chi connectivity index (χ4v) is 2.06. The van der Waals surface area contributed by atoms with E-state index in [1.807, 2.05) is 0 Å². The molecule has 0 spiro atoms. The molecule has 0 radical (unpaired) electrons. The summed E-state index contributed by atoms with van der Waals surface area (Å²) in [6, 6.07) is 0. The highest BCUT2D eigenvalue weighted by Gasteiger charge is 2.21. The molecule has 17 heavy (non-hydrogen) atoms. The normalized spacial score (nSPS) is 17.2. The highest BCUT2D eigenvalue weighted by molar-refractivity contribution is 6.28. The van der Waals surface area contributed by atoms with E-state index in [-0.39, 0.29) is 11.9 Å². The van der Waals surface area contributed by atoms with Crippen molar-refractivity contribution in [1.82, 2.24) is 15.0 Å². The summed E-state index contributed by atoms with van der Waals surface area (Å²) >= 11 is 5.84. The summed E-state index contributed by atoms with van der Waals surface area (Å²) in [5.41, 5.74) is 0. The highest BCUT2D eigenvalue weighted by atomic mass is 35.5. The number of piperidine rings is 1. The summed E-state index contributed by atoms with van der Waals surface area (Å²) < 4.78 is 0. The van der Waals surface area contributed by atoms with Crippen LogP contribution in [0.4, 0.5) is 11.9 Å². The Kier molecular flexibility index (Phi) is 3.96. The molecule has 0 atom stereocenters. The summed E-state index contributed by atoms with van der Waals surface area (Å²) in [5.74, 6) is 1.47. The number of nitrogens with one attached hydrogen (secondary N) is 1. The van der Waals surface area contributed by atoms with Crippen molar-refractivity contribution >= 4 is 23.5 Å². The molecule has 2 rings (SSSR count). The van der Waals surface area contributed by atoms with Gasteiger partial charge in [-0.15, -0.1) is 0 Å². The monoisotopic (exact) mass is 257 g/mol. The lowest BCUT2D eigenvalue weighted by Gasteiger charge is -2.31. The lowest BCUT2D eigenvalue weighted by molar-refractivity contribution is 0.202. The topological polar surface area (TPSA) is 74.2 Å². The van der Waals surface area contributed by atoms with Crippen LogP contribution in [0.15, 0.2) is 0 Å². The Bertz CT molecular complexity index is 381. The van der Waals surface area contributed by atoms with Gasteiger partial charge in [-0.2, -0.15) is 15.0 Å². The maximum absolute atomic E-state index is 9.08. The number of anilines is 2. The van der Waals surface area contributed by atoms with Gasteiger partial charge >= 0.3 is 0 Å². The van der Waals surface area contributed by atoms with E-state index < -0.39 is 0 Å². The average molecular weight is 258 g/mol. The lowest BCUT2D eigenvalue weighted by atomic mass is 9.98. The largest absolute Gasteiger partial charge is 0.396 e. The third-order valence-corrected chi connectivity index (χ3v) is 3.14. The van der Waals surface area contributed by atoms with Crippen LogP contribution in [0.1, 0.15) is 12.8 Å². The van der Waals surface area contributed by atoms with Crippen LogP contribution >= 0.6 is 11.6 Å². The van der Waals surface area contributed by atoms with Crippen molar-refractivity contribution in [3.8, 4) is 0 Å². The van der Waals surface area contributed by atoms with Gasteiger partial charge in [0.15, 0.2) is 0 Å². The Morgan fingerprint density at radius 2 is 2.06 bits per heavy atom. The lowest BCUT2D eigenvalue weighted by Crippen LogP contribution is -2.36. The molecule has 1 aromatic heterocycles. The molecule has 0 bridgehead atoms. The van der Waals surface area contributed by atoms with E-state index in [0.29, 0.717) is 17.8 Å². The van der Waals surface area contributed by atoms with E-state index in [1.165, 1.54) is 0 Å². The minimum Gasteiger partial charge on any atom is -0.396 e. The zero-order valence-corrected chi connectivity index (χ0v) is 10.5. The Hall–Kier alpha value is -1.14. The number of aliphatic hydroxyl groups is 1. The Morgan fingerprint density at radius 1 is 1.35 bits per heavy atom. The minimum absolute atomic E-state index is 0.198. The molecule has 1 aliphatic rings. The zero-order chi connectivity index (χ0) is 12.3. The second-order valence-corrected chi connectivity index (χ2v) is 4.43. The molecule has 6 nitrogen and oxygen atoms in total.